The van der Waals surface area contributed by atoms with Gasteiger partial charge in [0.1, 0.15) is 0 Å². The van der Waals surface area contributed by atoms with E-state index in [0.29, 0.717) is 17.8 Å². The topological polar surface area (TPSA) is 78.4 Å². The molecule has 1 rings (SSSR count). The van der Waals surface area contributed by atoms with Gasteiger partial charge in [0.05, 0.1) is 5.56 Å². The summed E-state index contributed by atoms with van der Waals surface area (Å²) in [6.07, 6.45) is 1.99. The number of carboxylic acid groups (broad SMARTS) is 1. The second-order valence-corrected chi connectivity index (χ2v) is 6.62. The van der Waals surface area contributed by atoms with Gasteiger partial charge in [-0.2, -0.15) is 11.8 Å². The minimum absolute atomic E-state index is 0.0282. The number of aromatic carboxylic acids is 1. The molecule has 2 amide bonds. The first-order chi connectivity index (χ1) is 9.25. The molecule has 20 heavy (non-hydrogen) atoms. The Labute approximate surface area is 123 Å². The van der Waals surface area contributed by atoms with Crippen LogP contribution < -0.4 is 10.6 Å². The van der Waals surface area contributed by atoms with Crippen LogP contribution in [0.1, 0.15) is 29.8 Å². The van der Waals surface area contributed by atoms with E-state index in [9.17, 15) is 9.59 Å². The van der Waals surface area contributed by atoms with Crippen LogP contribution in [0.2, 0.25) is 0 Å². The minimum atomic E-state index is -0.981. The third kappa shape index (κ3) is 4.77. The summed E-state index contributed by atoms with van der Waals surface area (Å²) >= 11 is 1.68. The smallest absolute Gasteiger partial charge is 0.335 e. The van der Waals surface area contributed by atoms with Crippen LogP contribution in [0.15, 0.2) is 18.2 Å². The van der Waals surface area contributed by atoms with Crippen LogP contribution in [0, 0.1) is 6.92 Å². The average molecular weight is 296 g/mol. The maximum absolute atomic E-state index is 11.8. The van der Waals surface area contributed by atoms with Gasteiger partial charge >= 0.3 is 12.0 Å². The van der Waals surface area contributed by atoms with Crippen LogP contribution >= 0.6 is 11.8 Å². The monoisotopic (exact) mass is 296 g/mol. The zero-order valence-corrected chi connectivity index (χ0v) is 12.9. The standard InChI is InChI=1S/C14H20N2O3S/c1-9-7-10(12(17)18)5-6-11(9)16-13(19)15-8-14(2,3)20-4/h5-7H,8H2,1-4H3,(H,17,18)(H2,15,16,19). The number of amides is 2. The second-order valence-electron chi connectivity index (χ2n) is 5.11. The Morgan fingerprint density at radius 2 is 2.00 bits per heavy atom. The highest BCUT2D eigenvalue weighted by atomic mass is 32.2. The van der Waals surface area contributed by atoms with Crippen molar-refractivity contribution in [3.8, 4) is 0 Å². The van der Waals surface area contributed by atoms with Crippen molar-refractivity contribution >= 4 is 29.4 Å². The van der Waals surface area contributed by atoms with E-state index in [0.717, 1.165) is 0 Å². The van der Waals surface area contributed by atoms with Crippen LogP contribution in [0.3, 0.4) is 0 Å². The molecule has 0 aliphatic rings. The maximum atomic E-state index is 11.8. The first-order valence-electron chi connectivity index (χ1n) is 6.19. The Hall–Kier alpha value is -1.69. The van der Waals surface area contributed by atoms with Crippen LogP contribution in [0.25, 0.3) is 0 Å². The van der Waals surface area contributed by atoms with Crippen molar-refractivity contribution in [2.75, 3.05) is 18.1 Å². The Morgan fingerprint density at radius 1 is 1.35 bits per heavy atom. The van der Waals surface area contributed by atoms with Crippen molar-refractivity contribution in [3.05, 3.63) is 29.3 Å². The molecule has 0 fully saturated rings. The lowest BCUT2D eigenvalue weighted by molar-refractivity contribution is 0.0697. The Bertz CT molecular complexity index is 515. The van der Waals surface area contributed by atoms with Gasteiger partial charge in [-0.1, -0.05) is 0 Å². The summed E-state index contributed by atoms with van der Waals surface area (Å²) in [5.74, 6) is -0.981. The number of anilines is 1. The van der Waals surface area contributed by atoms with Crippen molar-refractivity contribution in [2.24, 2.45) is 0 Å². The molecule has 110 valence electrons. The Balaban J connectivity index is 2.65. The van der Waals surface area contributed by atoms with Gasteiger partial charge in [-0.05, 0) is 50.8 Å². The van der Waals surface area contributed by atoms with Crippen LogP contribution in [-0.4, -0.2) is 34.7 Å². The van der Waals surface area contributed by atoms with E-state index in [1.165, 1.54) is 12.1 Å². The van der Waals surface area contributed by atoms with E-state index in [1.54, 1.807) is 24.8 Å². The number of rotatable bonds is 5. The number of carbonyl (C=O) groups is 2. The van der Waals surface area contributed by atoms with Crippen LogP contribution in [0.5, 0.6) is 0 Å². The number of urea groups is 1. The van der Waals surface area contributed by atoms with Crippen molar-refractivity contribution in [3.63, 3.8) is 0 Å². The summed E-state index contributed by atoms with van der Waals surface area (Å²) in [5.41, 5.74) is 1.52. The molecule has 0 bridgehead atoms. The van der Waals surface area contributed by atoms with E-state index < -0.39 is 5.97 Å². The molecular formula is C14H20N2O3S. The predicted molar refractivity (Wildman–Crippen MR) is 82.8 cm³/mol. The first-order valence-corrected chi connectivity index (χ1v) is 7.41. The number of hydrogen-bond donors (Lipinski definition) is 3. The number of aryl methyl sites for hydroxylation is 1. The predicted octanol–water partition coefficient (Wildman–Crippen LogP) is 2.96. The van der Waals surface area contributed by atoms with E-state index in [1.807, 2.05) is 20.1 Å². The zero-order valence-electron chi connectivity index (χ0n) is 12.1. The molecule has 0 aliphatic heterocycles. The fourth-order valence-corrected chi connectivity index (χ4v) is 1.69. The summed E-state index contributed by atoms with van der Waals surface area (Å²) in [6.45, 7) is 6.40. The summed E-state index contributed by atoms with van der Waals surface area (Å²) < 4.78 is -0.0282. The molecule has 0 saturated carbocycles. The van der Waals surface area contributed by atoms with E-state index in [-0.39, 0.29) is 16.3 Å². The molecular weight excluding hydrogens is 276 g/mol. The molecule has 0 unspecified atom stereocenters. The molecule has 0 saturated heterocycles. The fraction of sp³-hybridized carbons (Fsp3) is 0.429. The van der Waals surface area contributed by atoms with Gasteiger partial charge in [0.15, 0.2) is 0 Å². The zero-order chi connectivity index (χ0) is 15.3. The van der Waals surface area contributed by atoms with Crippen LogP contribution in [0.4, 0.5) is 10.5 Å². The molecule has 1 aromatic rings. The normalized spacial score (nSPS) is 11.0. The van der Waals surface area contributed by atoms with Crippen molar-refractivity contribution in [1.29, 1.82) is 0 Å². The molecule has 0 heterocycles. The number of benzene rings is 1. The summed E-state index contributed by atoms with van der Waals surface area (Å²) in [7, 11) is 0. The lowest BCUT2D eigenvalue weighted by Gasteiger charge is -2.22. The fourth-order valence-electron chi connectivity index (χ4n) is 1.47. The molecule has 0 atom stereocenters. The second kappa shape index (κ2) is 6.65. The quantitative estimate of drug-likeness (QED) is 0.780. The molecule has 0 spiro atoms. The number of thioether (sulfide) groups is 1. The third-order valence-corrected chi connectivity index (χ3v) is 4.20. The summed E-state index contributed by atoms with van der Waals surface area (Å²) in [5, 5.41) is 14.4. The largest absolute Gasteiger partial charge is 0.478 e. The number of carboxylic acids is 1. The molecule has 3 N–H and O–H groups in total. The van der Waals surface area contributed by atoms with Gasteiger partial charge in [-0.25, -0.2) is 9.59 Å². The highest BCUT2D eigenvalue weighted by Crippen LogP contribution is 2.20. The lowest BCUT2D eigenvalue weighted by atomic mass is 10.1. The Kier molecular flexibility index (Phi) is 5.44. The summed E-state index contributed by atoms with van der Waals surface area (Å²) in [6, 6.07) is 4.30. The van der Waals surface area contributed by atoms with Gasteiger partial charge in [0.25, 0.3) is 0 Å². The van der Waals surface area contributed by atoms with Gasteiger partial charge in [-0.3, -0.25) is 0 Å². The van der Waals surface area contributed by atoms with Crippen molar-refractivity contribution in [2.45, 2.75) is 25.5 Å². The Morgan fingerprint density at radius 3 is 2.50 bits per heavy atom. The van der Waals surface area contributed by atoms with Crippen LogP contribution in [-0.2, 0) is 0 Å². The lowest BCUT2D eigenvalue weighted by Crippen LogP contribution is -2.38. The van der Waals surface area contributed by atoms with E-state index in [4.69, 9.17) is 5.11 Å². The molecule has 5 nitrogen and oxygen atoms in total. The van der Waals surface area contributed by atoms with E-state index >= 15 is 0 Å². The van der Waals surface area contributed by atoms with Gasteiger partial charge < -0.3 is 15.7 Å². The summed E-state index contributed by atoms with van der Waals surface area (Å²) in [4.78, 5) is 22.6. The first kappa shape index (κ1) is 16.4. The highest BCUT2D eigenvalue weighted by Gasteiger charge is 2.17. The number of hydrogen-bond acceptors (Lipinski definition) is 3. The third-order valence-electron chi connectivity index (χ3n) is 2.95. The van der Waals surface area contributed by atoms with Crippen molar-refractivity contribution in [1.82, 2.24) is 5.32 Å². The van der Waals surface area contributed by atoms with Gasteiger partial charge in [-0.15, -0.1) is 0 Å². The SMILES string of the molecule is CSC(C)(C)CNC(=O)Nc1ccc(C(=O)O)cc1C. The van der Waals surface area contributed by atoms with Gasteiger partial charge in [0.2, 0.25) is 0 Å². The minimum Gasteiger partial charge on any atom is -0.478 e. The maximum Gasteiger partial charge on any atom is 0.335 e. The number of nitrogens with one attached hydrogen (secondary N) is 2. The molecule has 0 aliphatic carbocycles. The molecule has 6 heteroatoms. The molecule has 0 aromatic heterocycles. The van der Waals surface area contributed by atoms with Crippen molar-refractivity contribution < 1.29 is 14.7 Å². The molecule has 0 radical (unpaired) electrons. The highest BCUT2D eigenvalue weighted by molar-refractivity contribution is 7.99. The van der Waals surface area contributed by atoms with E-state index in [2.05, 4.69) is 10.6 Å². The number of carbonyl (C=O) groups excluding carboxylic acids is 1. The van der Waals surface area contributed by atoms with Gasteiger partial charge in [0, 0.05) is 17.0 Å². The average Bonchev–Trinajstić information content (AvgIpc) is 2.39. The molecule has 1 aromatic carbocycles.